The lowest BCUT2D eigenvalue weighted by atomic mass is 10.0. The van der Waals surface area contributed by atoms with E-state index in [4.69, 9.17) is 0 Å². The van der Waals surface area contributed by atoms with Crippen molar-refractivity contribution in [1.82, 2.24) is 10.2 Å². The van der Waals surface area contributed by atoms with Gasteiger partial charge < -0.3 is 4.90 Å². The number of amides is 1. The van der Waals surface area contributed by atoms with Crippen LogP contribution in [0.5, 0.6) is 0 Å². The van der Waals surface area contributed by atoms with Gasteiger partial charge in [0.1, 0.15) is 12.0 Å². The maximum Gasteiger partial charge on any atom is 0.238 e. The Morgan fingerprint density at radius 2 is 2.16 bits per heavy atom. The summed E-state index contributed by atoms with van der Waals surface area (Å²) < 4.78 is 13.3. The minimum Gasteiger partial charge on any atom is -0.319 e. The second-order valence-corrected chi connectivity index (χ2v) is 5.62. The van der Waals surface area contributed by atoms with Gasteiger partial charge in [-0.3, -0.25) is 10.1 Å². The number of nitrogens with zero attached hydrogens (tertiary/aromatic N) is 1. The average Bonchev–Trinajstić information content (AvgIpc) is 2.70. The fourth-order valence-electron chi connectivity index (χ4n) is 2.77. The van der Waals surface area contributed by atoms with Crippen LogP contribution < -0.4 is 5.32 Å². The second kappa shape index (κ2) is 5.70. The monoisotopic (exact) mass is 264 g/mol. The van der Waals surface area contributed by atoms with E-state index in [0.29, 0.717) is 12.5 Å². The van der Waals surface area contributed by atoms with Crippen molar-refractivity contribution in [3.8, 4) is 0 Å². The summed E-state index contributed by atoms with van der Waals surface area (Å²) in [5, 5.41) is 3.16. The summed E-state index contributed by atoms with van der Waals surface area (Å²) in [5.74, 6) is 0.342. The van der Waals surface area contributed by atoms with E-state index in [1.54, 1.807) is 6.07 Å². The third kappa shape index (κ3) is 3.13. The Kier molecular flexibility index (Phi) is 4.20. The predicted octanol–water partition coefficient (Wildman–Crippen LogP) is 2.69. The van der Waals surface area contributed by atoms with Gasteiger partial charge in [0.05, 0.1) is 6.54 Å². The number of benzene rings is 1. The molecule has 104 valence electrons. The van der Waals surface area contributed by atoms with Crippen LogP contribution in [0.2, 0.25) is 0 Å². The van der Waals surface area contributed by atoms with Crippen LogP contribution >= 0.6 is 0 Å². The molecule has 1 amide bonds. The van der Waals surface area contributed by atoms with E-state index in [9.17, 15) is 9.18 Å². The summed E-state index contributed by atoms with van der Waals surface area (Å²) in [5.41, 5.74) is 0.807. The maximum atomic E-state index is 13.3. The molecule has 1 saturated heterocycles. The summed E-state index contributed by atoms with van der Waals surface area (Å²) in [6.45, 7) is 6.66. The van der Waals surface area contributed by atoms with E-state index in [1.165, 1.54) is 12.1 Å². The van der Waals surface area contributed by atoms with Crippen molar-refractivity contribution in [2.24, 2.45) is 5.92 Å². The lowest BCUT2D eigenvalue weighted by Gasteiger charge is -2.31. The fraction of sp³-hybridized carbons (Fsp3) is 0.533. The topological polar surface area (TPSA) is 32.3 Å². The van der Waals surface area contributed by atoms with Crippen molar-refractivity contribution in [2.45, 2.75) is 39.4 Å². The summed E-state index contributed by atoms with van der Waals surface area (Å²) in [6.07, 6.45) is 0.733. The molecule has 0 bridgehead atoms. The zero-order chi connectivity index (χ0) is 14.0. The molecule has 1 heterocycles. The molecular weight excluding hydrogens is 243 g/mol. The number of hydrogen-bond acceptors (Lipinski definition) is 2. The van der Waals surface area contributed by atoms with Gasteiger partial charge in [-0.1, -0.05) is 26.0 Å². The first-order chi connectivity index (χ1) is 8.99. The standard InChI is InChI=1S/C15H21FN2O/c1-10(2)7-11(3)18-14(19)9-17-15(18)12-5-4-6-13(16)8-12/h4-6,8,10-11,15,17H,7,9H2,1-3H3. The Balaban J connectivity index is 2.22. The number of rotatable bonds is 4. The van der Waals surface area contributed by atoms with Crippen LogP contribution in [0.25, 0.3) is 0 Å². The van der Waals surface area contributed by atoms with Crippen molar-refractivity contribution in [1.29, 1.82) is 0 Å². The molecular formula is C15H21FN2O. The Bertz CT molecular complexity index is 461. The van der Waals surface area contributed by atoms with Crippen LogP contribution in [0, 0.1) is 11.7 Å². The second-order valence-electron chi connectivity index (χ2n) is 5.62. The number of carbonyl (C=O) groups is 1. The van der Waals surface area contributed by atoms with Gasteiger partial charge in [0.25, 0.3) is 0 Å². The van der Waals surface area contributed by atoms with Crippen molar-refractivity contribution in [3.63, 3.8) is 0 Å². The molecule has 0 radical (unpaired) electrons. The Morgan fingerprint density at radius 1 is 1.42 bits per heavy atom. The Hall–Kier alpha value is -1.42. The van der Waals surface area contributed by atoms with Crippen LogP contribution in [0.4, 0.5) is 4.39 Å². The molecule has 1 fully saturated rings. The number of halogens is 1. The molecule has 2 atom stereocenters. The zero-order valence-corrected chi connectivity index (χ0v) is 11.7. The highest BCUT2D eigenvalue weighted by Gasteiger charge is 2.35. The van der Waals surface area contributed by atoms with Crippen molar-refractivity contribution >= 4 is 5.91 Å². The zero-order valence-electron chi connectivity index (χ0n) is 11.7. The third-order valence-electron chi connectivity index (χ3n) is 3.46. The molecule has 1 aromatic carbocycles. The lowest BCUT2D eigenvalue weighted by Crippen LogP contribution is -2.38. The summed E-state index contributed by atoms with van der Waals surface area (Å²) in [7, 11) is 0. The molecule has 0 aliphatic carbocycles. The lowest BCUT2D eigenvalue weighted by molar-refractivity contribution is -0.130. The van der Waals surface area contributed by atoms with Gasteiger partial charge >= 0.3 is 0 Å². The maximum absolute atomic E-state index is 13.3. The minimum absolute atomic E-state index is 0.0856. The highest BCUT2D eigenvalue weighted by molar-refractivity contribution is 5.81. The highest BCUT2D eigenvalue weighted by atomic mass is 19.1. The SMILES string of the molecule is CC(C)CC(C)N1C(=O)CNC1c1cccc(F)c1. The molecule has 3 nitrogen and oxygen atoms in total. The van der Waals surface area contributed by atoms with E-state index in [2.05, 4.69) is 26.1 Å². The smallest absolute Gasteiger partial charge is 0.238 e. The molecule has 0 spiro atoms. The van der Waals surface area contributed by atoms with Gasteiger partial charge in [-0.2, -0.15) is 0 Å². The molecule has 1 aliphatic rings. The van der Waals surface area contributed by atoms with E-state index in [1.807, 2.05) is 11.0 Å². The molecule has 2 rings (SSSR count). The molecule has 0 aromatic heterocycles. The molecule has 4 heteroatoms. The van der Waals surface area contributed by atoms with Crippen LogP contribution in [0.1, 0.15) is 38.9 Å². The number of carbonyl (C=O) groups excluding carboxylic acids is 1. The molecule has 2 unspecified atom stereocenters. The van der Waals surface area contributed by atoms with Gasteiger partial charge in [0.15, 0.2) is 0 Å². The minimum atomic E-state index is -0.268. The van der Waals surface area contributed by atoms with Crippen molar-refractivity contribution in [2.75, 3.05) is 6.54 Å². The van der Waals surface area contributed by atoms with Crippen molar-refractivity contribution in [3.05, 3.63) is 35.6 Å². The average molecular weight is 264 g/mol. The van der Waals surface area contributed by atoms with E-state index < -0.39 is 0 Å². The number of nitrogens with one attached hydrogen (secondary N) is 1. The van der Waals surface area contributed by atoms with E-state index in [-0.39, 0.29) is 23.9 Å². The molecule has 1 aliphatic heterocycles. The van der Waals surface area contributed by atoms with Gasteiger partial charge in [-0.15, -0.1) is 0 Å². The van der Waals surface area contributed by atoms with Crippen molar-refractivity contribution < 1.29 is 9.18 Å². The fourth-order valence-corrected chi connectivity index (χ4v) is 2.77. The van der Waals surface area contributed by atoms with Gasteiger partial charge in [0.2, 0.25) is 5.91 Å². The Morgan fingerprint density at radius 3 is 2.79 bits per heavy atom. The van der Waals surface area contributed by atoms with Crippen LogP contribution in [0.3, 0.4) is 0 Å². The quantitative estimate of drug-likeness (QED) is 0.907. The van der Waals surface area contributed by atoms with Gasteiger partial charge in [-0.25, -0.2) is 4.39 Å². The third-order valence-corrected chi connectivity index (χ3v) is 3.46. The van der Waals surface area contributed by atoms with Crippen LogP contribution in [0.15, 0.2) is 24.3 Å². The highest BCUT2D eigenvalue weighted by Crippen LogP contribution is 2.27. The largest absolute Gasteiger partial charge is 0.319 e. The van der Waals surface area contributed by atoms with Gasteiger partial charge in [0, 0.05) is 6.04 Å². The normalized spacial score (nSPS) is 21.2. The summed E-state index contributed by atoms with van der Waals surface area (Å²) >= 11 is 0. The number of hydrogen-bond donors (Lipinski definition) is 1. The molecule has 1 N–H and O–H groups in total. The molecule has 19 heavy (non-hydrogen) atoms. The molecule has 1 aromatic rings. The van der Waals surface area contributed by atoms with Gasteiger partial charge in [-0.05, 0) is 37.0 Å². The first-order valence-corrected chi connectivity index (χ1v) is 6.79. The molecule has 0 saturated carbocycles. The summed E-state index contributed by atoms with van der Waals surface area (Å²) in [6, 6.07) is 6.60. The van der Waals surface area contributed by atoms with E-state index in [0.717, 1.165) is 12.0 Å². The first-order valence-electron chi connectivity index (χ1n) is 6.79. The summed E-state index contributed by atoms with van der Waals surface area (Å²) in [4.78, 5) is 13.9. The predicted molar refractivity (Wildman–Crippen MR) is 72.9 cm³/mol. The first kappa shape index (κ1) is 14.0. The van der Waals surface area contributed by atoms with Crippen LogP contribution in [-0.4, -0.2) is 23.4 Å². The Labute approximate surface area is 113 Å². The van der Waals surface area contributed by atoms with Crippen LogP contribution in [-0.2, 0) is 4.79 Å². The van der Waals surface area contributed by atoms with E-state index >= 15 is 0 Å².